The number of hydrogen-bond donors (Lipinski definition) is 0. The largest absolute Gasteiger partial charge is 0.419 e. The SMILES string of the molecule is O=C(OC1CC=NO1)c1ccccc1. The van der Waals surface area contributed by atoms with Gasteiger partial charge in [0, 0.05) is 0 Å². The Bertz CT molecular complexity index is 340. The molecule has 14 heavy (non-hydrogen) atoms. The topological polar surface area (TPSA) is 47.9 Å². The van der Waals surface area contributed by atoms with Crippen molar-refractivity contribution < 1.29 is 14.4 Å². The van der Waals surface area contributed by atoms with E-state index in [1.54, 1.807) is 30.5 Å². The number of nitrogens with zero attached hydrogens (tertiary/aromatic N) is 1. The van der Waals surface area contributed by atoms with Gasteiger partial charge in [-0.05, 0) is 12.1 Å². The molecule has 4 heteroatoms. The Hall–Kier alpha value is -1.84. The highest BCUT2D eigenvalue weighted by molar-refractivity contribution is 5.89. The molecule has 1 aliphatic rings. The Balaban J connectivity index is 1.96. The lowest BCUT2D eigenvalue weighted by Crippen LogP contribution is -2.16. The van der Waals surface area contributed by atoms with Gasteiger partial charge in [-0.25, -0.2) is 4.79 Å². The standard InChI is InChI=1S/C10H9NO3/c12-10(8-4-2-1-3-5-8)13-9-6-7-11-14-9/h1-5,7,9H,6H2. The molecule has 0 aliphatic carbocycles. The van der Waals surface area contributed by atoms with Crippen molar-refractivity contribution in [3.8, 4) is 0 Å². The molecular formula is C10H9NO3. The Morgan fingerprint density at radius 3 is 2.86 bits per heavy atom. The summed E-state index contributed by atoms with van der Waals surface area (Å²) < 4.78 is 5.01. The highest BCUT2D eigenvalue weighted by Gasteiger charge is 2.18. The second-order valence-electron chi connectivity index (χ2n) is 2.83. The summed E-state index contributed by atoms with van der Waals surface area (Å²) >= 11 is 0. The second kappa shape index (κ2) is 3.91. The third-order valence-corrected chi connectivity index (χ3v) is 1.80. The van der Waals surface area contributed by atoms with Crippen LogP contribution in [0.3, 0.4) is 0 Å². The van der Waals surface area contributed by atoms with Gasteiger partial charge in [0.15, 0.2) is 0 Å². The molecule has 1 heterocycles. The van der Waals surface area contributed by atoms with Crippen LogP contribution in [0.5, 0.6) is 0 Å². The zero-order chi connectivity index (χ0) is 9.80. The zero-order valence-corrected chi connectivity index (χ0v) is 7.42. The van der Waals surface area contributed by atoms with Crippen molar-refractivity contribution in [3.63, 3.8) is 0 Å². The van der Waals surface area contributed by atoms with Crippen molar-refractivity contribution in [1.82, 2.24) is 0 Å². The predicted octanol–water partition coefficient (Wildman–Crippen LogP) is 1.58. The van der Waals surface area contributed by atoms with Crippen LogP contribution < -0.4 is 0 Å². The fourth-order valence-electron chi connectivity index (χ4n) is 1.11. The lowest BCUT2D eigenvalue weighted by molar-refractivity contribution is -0.0912. The number of carbonyl (C=O) groups excluding carboxylic acids is 1. The van der Waals surface area contributed by atoms with Crippen molar-refractivity contribution in [1.29, 1.82) is 0 Å². The smallest absolute Gasteiger partial charge is 0.341 e. The zero-order valence-electron chi connectivity index (χ0n) is 7.42. The minimum atomic E-state index is -0.567. The van der Waals surface area contributed by atoms with Crippen LogP contribution in [0.4, 0.5) is 0 Å². The molecular weight excluding hydrogens is 182 g/mol. The van der Waals surface area contributed by atoms with Gasteiger partial charge in [0.1, 0.15) is 0 Å². The number of ether oxygens (including phenoxy) is 1. The number of rotatable bonds is 2. The summed E-state index contributed by atoms with van der Waals surface area (Å²) in [7, 11) is 0. The van der Waals surface area contributed by atoms with E-state index in [9.17, 15) is 4.79 Å². The minimum absolute atomic E-state index is 0.388. The van der Waals surface area contributed by atoms with E-state index in [1.807, 2.05) is 6.07 Å². The van der Waals surface area contributed by atoms with E-state index < -0.39 is 6.29 Å². The Morgan fingerprint density at radius 1 is 1.43 bits per heavy atom. The molecule has 72 valence electrons. The number of oxime groups is 1. The van der Waals surface area contributed by atoms with E-state index in [0.29, 0.717) is 12.0 Å². The van der Waals surface area contributed by atoms with Crippen molar-refractivity contribution >= 4 is 12.2 Å². The van der Waals surface area contributed by atoms with Gasteiger partial charge in [-0.2, -0.15) is 0 Å². The Kier molecular flexibility index (Phi) is 2.44. The first-order valence-electron chi connectivity index (χ1n) is 4.30. The van der Waals surface area contributed by atoms with Crippen LogP contribution in [0.2, 0.25) is 0 Å². The molecule has 1 unspecified atom stereocenters. The van der Waals surface area contributed by atoms with E-state index in [1.165, 1.54) is 0 Å². The first-order chi connectivity index (χ1) is 6.86. The molecule has 0 bridgehead atoms. The fraction of sp³-hybridized carbons (Fsp3) is 0.200. The summed E-state index contributed by atoms with van der Waals surface area (Å²) in [6.45, 7) is 0. The third kappa shape index (κ3) is 1.90. The van der Waals surface area contributed by atoms with Gasteiger partial charge in [-0.1, -0.05) is 23.4 Å². The summed E-state index contributed by atoms with van der Waals surface area (Å²) in [4.78, 5) is 16.2. The molecule has 0 fully saturated rings. The molecule has 4 nitrogen and oxygen atoms in total. The minimum Gasteiger partial charge on any atom is -0.419 e. The van der Waals surface area contributed by atoms with Gasteiger partial charge in [0.05, 0.1) is 18.2 Å². The molecule has 1 atom stereocenters. The van der Waals surface area contributed by atoms with Gasteiger partial charge in [-0.3, -0.25) is 0 Å². The van der Waals surface area contributed by atoms with E-state index in [0.717, 1.165) is 0 Å². The average Bonchev–Trinajstić information content (AvgIpc) is 2.72. The van der Waals surface area contributed by atoms with E-state index in [4.69, 9.17) is 9.57 Å². The van der Waals surface area contributed by atoms with Crippen molar-refractivity contribution in [2.75, 3.05) is 0 Å². The van der Waals surface area contributed by atoms with Gasteiger partial charge in [0.2, 0.25) is 0 Å². The summed E-state index contributed by atoms with van der Waals surface area (Å²) in [5.41, 5.74) is 0.517. The number of esters is 1. The van der Waals surface area contributed by atoms with Crippen molar-refractivity contribution in [3.05, 3.63) is 35.9 Å². The van der Waals surface area contributed by atoms with E-state index in [2.05, 4.69) is 5.16 Å². The lowest BCUT2D eigenvalue weighted by atomic mass is 10.2. The number of hydrogen-bond acceptors (Lipinski definition) is 4. The summed E-state index contributed by atoms with van der Waals surface area (Å²) in [5.74, 6) is -0.388. The quantitative estimate of drug-likeness (QED) is 0.667. The lowest BCUT2D eigenvalue weighted by Gasteiger charge is -2.09. The first-order valence-corrected chi connectivity index (χ1v) is 4.30. The maximum Gasteiger partial charge on any atom is 0.341 e. The molecule has 0 radical (unpaired) electrons. The van der Waals surface area contributed by atoms with Crippen LogP contribution in [-0.4, -0.2) is 18.5 Å². The highest BCUT2D eigenvalue weighted by Crippen LogP contribution is 2.10. The highest BCUT2D eigenvalue weighted by atomic mass is 16.8. The molecule has 0 saturated heterocycles. The summed E-state index contributed by atoms with van der Waals surface area (Å²) in [6.07, 6.45) is 1.52. The summed E-state index contributed by atoms with van der Waals surface area (Å²) in [5, 5.41) is 3.51. The molecule has 2 rings (SSSR count). The van der Waals surface area contributed by atoms with Crippen LogP contribution in [0, 0.1) is 0 Å². The normalized spacial score (nSPS) is 19.0. The van der Waals surface area contributed by atoms with Crippen LogP contribution in [0.25, 0.3) is 0 Å². The van der Waals surface area contributed by atoms with Gasteiger partial charge in [-0.15, -0.1) is 0 Å². The maximum atomic E-state index is 11.4. The number of benzene rings is 1. The second-order valence-corrected chi connectivity index (χ2v) is 2.83. The molecule has 1 aliphatic heterocycles. The molecule has 0 N–H and O–H groups in total. The molecule has 1 aromatic rings. The van der Waals surface area contributed by atoms with Crippen LogP contribution >= 0.6 is 0 Å². The van der Waals surface area contributed by atoms with Crippen LogP contribution in [-0.2, 0) is 9.57 Å². The average molecular weight is 191 g/mol. The van der Waals surface area contributed by atoms with Gasteiger partial charge in [0.25, 0.3) is 6.29 Å². The third-order valence-electron chi connectivity index (χ3n) is 1.80. The Labute approximate surface area is 81.1 Å². The molecule has 0 spiro atoms. The monoisotopic (exact) mass is 191 g/mol. The molecule has 0 saturated carbocycles. The maximum absolute atomic E-state index is 11.4. The summed E-state index contributed by atoms with van der Waals surface area (Å²) in [6, 6.07) is 8.79. The Morgan fingerprint density at radius 2 is 2.21 bits per heavy atom. The van der Waals surface area contributed by atoms with Gasteiger partial charge < -0.3 is 9.57 Å². The predicted molar refractivity (Wildman–Crippen MR) is 49.8 cm³/mol. The first kappa shape index (κ1) is 8.74. The van der Waals surface area contributed by atoms with Gasteiger partial charge >= 0.3 is 5.97 Å². The van der Waals surface area contributed by atoms with Crippen LogP contribution in [0.15, 0.2) is 35.5 Å². The van der Waals surface area contributed by atoms with E-state index >= 15 is 0 Å². The van der Waals surface area contributed by atoms with Crippen LogP contribution in [0.1, 0.15) is 16.8 Å². The molecule has 0 amide bonds. The van der Waals surface area contributed by atoms with E-state index in [-0.39, 0.29) is 5.97 Å². The number of carbonyl (C=O) groups is 1. The molecule has 0 aromatic heterocycles. The fourth-order valence-corrected chi connectivity index (χ4v) is 1.11. The van der Waals surface area contributed by atoms with Crippen molar-refractivity contribution in [2.24, 2.45) is 5.16 Å². The van der Waals surface area contributed by atoms with Crippen molar-refractivity contribution in [2.45, 2.75) is 12.7 Å². The molecule has 1 aromatic carbocycles.